The van der Waals surface area contributed by atoms with Gasteiger partial charge in [-0.2, -0.15) is 5.26 Å². The Bertz CT molecular complexity index is 509. The largest absolute Gasteiger partial charge is 0.379 e. The van der Waals surface area contributed by atoms with Gasteiger partial charge < -0.3 is 23.7 Å². The first kappa shape index (κ1) is 20.0. The minimum absolute atomic E-state index is 0.0200. The Hall–Kier alpha value is -0.710. The Morgan fingerprint density at radius 2 is 1.08 bits per heavy atom. The van der Waals surface area contributed by atoms with Crippen LogP contribution in [0, 0.1) is 40.9 Å². The lowest BCUT2D eigenvalue weighted by molar-refractivity contribution is -0.202. The Balaban J connectivity index is 1.91. The topological polar surface area (TPSA) is 69.9 Å². The van der Waals surface area contributed by atoms with E-state index in [9.17, 15) is 5.26 Å². The molecule has 6 heteroatoms. The molecule has 3 rings (SSSR count). The minimum atomic E-state index is -0.0873. The second kappa shape index (κ2) is 8.53. The molecule has 10 atom stereocenters. The Morgan fingerprint density at radius 1 is 0.577 bits per heavy atom. The molecule has 0 N–H and O–H groups in total. The minimum Gasteiger partial charge on any atom is -0.379 e. The molecular weight excluding hydrogens is 334 g/mol. The highest BCUT2D eigenvalue weighted by Gasteiger charge is 2.56. The predicted octanol–water partition coefficient (Wildman–Crippen LogP) is 2.27. The molecule has 0 aromatic rings. The van der Waals surface area contributed by atoms with Crippen LogP contribution in [-0.2, 0) is 23.7 Å². The van der Waals surface area contributed by atoms with Crippen molar-refractivity contribution in [2.24, 2.45) is 29.6 Å². The molecule has 0 radical (unpaired) electrons. The molecule has 0 amide bonds. The Morgan fingerprint density at radius 3 is 1.58 bits per heavy atom. The Kier molecular flexibility index (Phi) is 6.58. The zero-order valence-electron chi connectivity index (χ0n) is 16.6. The van der Waals surface area contributed by atoms with E-state index in [1.807, 2.05) is 0 Å². The summed E-state index contributed by atoms with van der Waals surface area (Å²) in [5.41, 5.74) is 0. The highest BCUT2D eigenvalue weighted by atomic mass is 16.6. The fraction of sp³-hybridized carbons (Fsp3) is 0.950. The fourth-order valence-electron chi connectivity index (χ4n) is 6.16. The first-order valence-electron chi connectivity index (χ1n) is 9.66. The summed E-state index contributed by atoms with van der Waals surface area (Å²) < 4.78 is 28.9. The van der Waals surface area contributed by atoms with Crippen molar-refractivity contribution in [1.29, 1.82) is 5.26 Å². The third-order valence-electron chi connectivity index (χ3n) is 7.35. The molecule has 6 nitrogen and oxygen atoms in total. The fourth-order valence-corrected chi connectivity index (χ4v) is 6.16. The third-order valence-corrected chi connectivity index (χ3v) is 7.35. The molecule has 148 valence electrons. The summed E-state index contributed by atoms with van der Waals surface area (Å²) in [6.07, 6.45) is 3.69. The van der Waals surface area contributed by atoms with Crippen LogP contribution in [0.4, 0.5) is 0 Å². The van der Waals surface area contributed by atoms with Crippen LogP contribution in [0.2, 0.25) is 0 Å². The van der Waals surface area contributed by atoms with Gasteiger partial charge in [0.25, 0.3) is 0 Å². The third kappa shape index (κ3) is 3.29. The van der Waals surface area contributed by atoms with Gasteiger partial charge in [-0.05, 0) is 49.4 Å². The first-order chi connectivity index (χ1) is 12.6. The predicted molar refractivity (Wildman–Crippen MR) is 95.5 cm³/mol. The van der Waals surface area contributed by atoms with Gasteiger partial charge in [-0.25, -0.2) is 0 Å². The van der Waals surface area contributed by atoms with E-state index < -0.39 is 0 Å². The zero-order chi connectivity index (χ0) is 18.8. The van der Waals surface area contributed by atoms with Crippen LogP contribution in [0.3, 0.4) is 0 Å². The van der Waals surface area contributed by atoms with Gasteiger partial charge in [0.2, 0.25) is 0 Å². The van der Waals surface area contributed by atoms with Crippen LogP contribution in [-0.4, -0.2) is 66.1 Å². The van der Waals surface area contributed by atoms with Crippen LogP contribution in [0.5, 0.6) is 0 Å². The van der Waals surface area contributed by atoms with Crippen molar-refractivity contribution in [3.8, 4) is 6.07 Å². The van der Waals surface area contributed by atoms with Crippen molar-refractivity contribution in [1.82, 2.24) is 0 Å². The summed E-state index contributed by atoms with van der Waals surface area (Å²) in [4.78, 5) is 0. The molecule has 0 aliphatic heterocycles. The van der Waals surface area contributed by atoms with E-state index in [4.69, 9.17) is 23.7 Å². The summed E-state index contributed by atoms with van der Waals surface area (Å²) in [6, 6.07) is 2.59. The molecule has 3 aliphatic carbocycles. The van der Waals surface area contributed by atoms with Crippen LogP contribution in [0.25, 0.3) is 0 Å². The van der Waals surface area contributed by atoms with Crippen LogP contribution >= 0.6 is 0 Å². The molecule has 0 aromatic heterocycles. The van der Waals surface area contributed by atoms with Crippen LogP contribution in [0.15, 0.2) is 0 Å². The zero-order valence-corrected chi connectivity index (χ0v) is 16.6. The summed E-state index contributed by atoms with van der Waals surface area (Å²) >= 11 is 0. The van der Waals surface area contributed by atoms with Crippen LogP contribution in [0.1, 0.15) is 25.7 Å². The molecule has 3 aliphatic rings. The summed E-state index contributed by atoms with van der Waals surface area (Å²) in [6.45, 7) is 0. The first-order valence-corrected chi connectivity index (χ1v) is 9.66. The molecule has 0 spiro atoms. The summed E-state index contributed by atoms with van der Waals surface area (Å²) in [5.74, 6) is 1.60. The molecule has 10 unspecified atom stereocenters. The highest BCUT2D eigenvalue weighted by Crippen LogP contribution is 2.55. The van der Waals surface area contributed by atoms with E-state index in [1.54, 1.807) is 35.5 Å². The lowest BCUT2D eigenvalue weighted by atomic mass is 9.52. The second-order valence-corrected chi connectivity index (χ2v) is 8.06. The standard InChI is InChI=1S/C20H33NO5/c1-22-16-7-12-11(10-21)6-15-14(13(12)8-17(16)23-2)9-18(24-3)20(26-5)19(15)25-4/h11-20H,6-9H2,1-5H3. The molecule has 0 bridgehead atoms. The van der Waals surface area contributed by atoms with Crippen molar-refractivity contribution < 1.29 is 23.7 Å². The van der Waals surface area contributed by atoms with Gasteiger partial charge in [0, 0.05) is 41.5 Å². The van der Waals surface area contributed by atoms with Gasteiger partial charge in [-0.3, -0.25) is 0 Å². The summed E-state index contributed by atoms with van der Waals surface area (Å²) in [7, 11) is 8.73. The number of ether oxygens (including phenoxy) is 5. The smallest absolute Gasteiger partial charge is 0.110 e. The molecule has 0 heterocycles. The summed E-state index contributed by atoms with van der Waals surface area (Å²) in [5, 5.41) is 9.86. The molecule has 0 aromatic carbocycles. The number of rotatable bonds is 5. The number of hydrogen-bond donors (Lipinski definition) is 0. The van der Waals surface area contributed by atoms with E-state index in [-0.39, 0.29) is 36.4 Å². The van der Waals surface area contributed by atoms with Gasteiger partial charge in [0.15, 0.2) is 0 Å². The van der Waals surface area contributed by atoms with Crippen molar-refractivity contribution >= 4 is 0 Å². The van der Waals surface area contributed by atoms with Crippen molar-refractivity contribution in [3.05, 3.63) is 0 Å². The lowest BCUT2D eigenvalue weighted by Gasteiger charge is -2.56. The molecule has 3 saturated carbocycles. The van der Waals surface area contributed by atoms with Crippen molar-refractivity contribution in [2.75, 3.05) is 35.5 Å². The maximum atomic E-state index is 9.86. The number of nitriles is 1. The van der Waals surface area contributed by atoms with E-state index >= 15 is 0 Å². The van der Waals surface area contributed by atoms with E-state index in [1.165, 1.54) is 0 Å². The molecule has 3 fully saturated rings. The molecule has 26 heavy (non-hydrogen) atoms. The van der Waals surface area contributed by atoms with Crippen molar-refractivity contribution in [3.63, 3.8) is 0 Å². The van der Waals surface area contributed by atoms with Crippen LogP contribution < -0.4 is 0 Å². The monoisotopic (exact) mass is 367 g/mol. The van der Waals surface area contributed by atoms with Gasteiger partial charge >= 0.3 is 0 Å². The second-order valence-electron chi connectivity index (χ2n) is 8.06. The average Bonchev–Trinajstić information content (AvgIpc) is 2.70. The maximum Gasteiger partial charge on any atom is 0.110 e. The molecule has 0 saturated heterocycles. The number of nitrogens with zero attached hydrogens (tertiary/aromatic N) is 1. The normalized spacial score (nSPS) is 48.3. The van der Waals surface area contributed by atoms with Gasteiger partial charge in [-0.15, -0.1) is 0 Å². The molecular formula is C20H33NO5. The maximum absolute atomic E-state index is 9.86. The number of fused-ring (bicyclic) bond motifs is 3. The van der Waals surface area contributed by atoms with E-state index in [0.29, 0.717) is 23.7 Å². The quantitative estimate of drug-likeness (QED) is 0.742. The number of methoxy groups -OCH3 is 5. The van der Waals surface area contributed by atoms with E-state index in [0.717, 1.165) is 25.7 Å². The SMILES string of the molecule is COC1CC2C(C#N)CC3C(CC(OC)C(OC)C3OC)C2CC1OC. The van der Waals surface area contributed by atoms with Gasteiger partial charge in [0.05, 0.1) is 30.5 Å². The average molecular weight is 367 g/mol. The van der Waals surface area contributed by atoms with Gasteiger partial charge in [-0.1, -0.05) is 0 Å². The van der Waals surface area contributed by atoms with Crippen molar-refractivity contribution in [2.45, 2.75) is 56.2 Å². The Labute approximate surface area is 157 Å². The van der Waals surface area contributed by atoms with E-state index in [2.05, 4.69) is 6.07 Å². The highest BCUT2D eigenvalue weighted by molar-refractivity contribution is 5.09. The van der Waals surface area contributed by atoms with Gasteiger partial charge in [0.1, 0.15) is 6.10 Å². The lowest BCUT2D eigenvalue weighted by Crippen LogP contribution is -2.60. The number of hydrogen-bond acceptors (Lipinski definition) is 6.